The number of hydrogen-bond donors (Lipinski definition) is 0. The third-order valence-corrected chi connectivity index (χ3v) is 2.84. The topological polar surface area (TPSA) is 38.3 Å². The predicted molar refractivity (Wildman–Crippen MR) is 72.5 cm³/mol. The van der Waals surface area contributed by atoms with Gasteiger partial charge in [-0.15, -0.1) is 0 Å². The van der Waals surface area contributed by atoms with Crippen LogP contribution in [0.5, 0.6) is 5.88 Å². The van der Waals surface area contributed by atoms with Gasteiger partial charge < -0.3 is 4.74 Å². The van der Waals surface area contributed by atoms with Crippen molar-refractivity contribution in [2.24, 2.45) is 0 Å². The fourth-order valence-corrected chi connectivity index (χ4v) is 1.83. The molecule has 1 aromatic heterocycles. The second-order valence-electron chi connectivity index (χ2n) is 4.12. The van der Waals surface area contributed by atoms with E-state index in [1.54, 1.807) is 13.3 Å². The molecule has 4 nitrogen and oxygen atoms in total. The first-order valence-electron chi connectivity index (χ1n) is 5.62. The molecule has 17 heavy (non-hydrogen) atoms. The van der Waals surface area contributed by atoms with E-state index in [1.165, 1.54) is 0 Å². The fraction of sp³-hybridized carbons (Fsp3) is 0.583. The second kappa shape index (κ2) is 6.61. The summed E-state index contributed by atoms with van der Waals surface area (Å²) in [6.45, 7) is 6.39. The second-order valence-corrected chi connectivity index (χ2v) is 4.12. The minimum absolute atomic E-state index is 0.571. The van der Waals surface area contributed by atoms with Crippen molar-refractivity contribution in [2.45, 2.75) is 32.9 Å². The highest BCUT2D eigenvalue weighted by Gasteiger charge is 2.20. The average molecular weight is 253 g/mol. The maximum absolute atomic E-state index is 5.07. The molecule has 1 aromatic rings. The lowest BCUT2D eigenvalue weighted by Crippen LogP contribution is -2.36. The Kier molecular flexibility index (Phi) is 5.44. The van der Waals surface area contributed by atoms with Crippen molar-refractivity contribution in [1.82, 2.24) is 14.9 Å². The van der Waals surface area contributed by atoms with E-state index in [-0.39, 0.29) is 0 Å². The number of thiocarbonyl (C=S) groups is 1. The summed E-state index contributed by atoms with van der Waals surface area (Å²) in [5.74, 6) is 3.45. The SMILES string of the molecule is C=S.COc1cnc2c(n1)CCN(C(C)C)C2. The summed E-state index contributed by atoms with van der Waals surface area (Å²) in [6.07, 6.45) is 2.67. The number of fused-ring (bicyclic) bond motifs is 1. The molecule has 0 aliphatic carbocycles. The van der Waals surface area contributed by atoms with Gasteiger partial charge in [-0.25, -0.2) is 4.98 Å². The molecule has 1 aliphatic rings. The first kappa shape index (κ1) is 14.0. The molecular formula is C12H19N3OS. The lowest BCUT2D eigenvalue weighted by Gasteiger charge is -2.30. The van der Waals surface area contributed by atoms with Gasteiger partial charge in [0.1, 0.15) is 0 Å². The molecule has 0 atom stereocenters. The Morgan fingerprint density at radius 1 is 1.41 bits per heavy atom. The van der Waals surface area contributed by atoms with Crippen LogP contribution in [0.3, 0.4) is 0 Å². The van der Waals surface area contributed by atoms with Gasteiger partial charge in [0.05, 0.1) is 24.7 Å². The molecule has 94 valence electrons. The lowest BCUT2D eigenvalue weighted by molar-refractivity contribution is 0.197. The van der Waals surface area contributed by atoms with Crippen molar-refractivity contribution < 1.29 is 4.74 Å². The van der Waals surface area contributed by atoms with Crippen LogP contribution >= 0.6 is 12.2 Å². The largest absolute Gasteiger partial charge is 0.480 e. The molecule has 0 N–H and O–H groups in total. The van der Waals surface area contributed by atoms with Gasteiger partial charge in [0.25, 0.3) is 0 Å². The van der Waals surface area contributed by atoms with Gasteiger partial charge in [-0.05, 0) is 19.7 Å². The van der Waals surface area contributed by atoms with Crippen LogP contribution in [0.25, 0.3) is 0 Å². The standard InChI is InChI=1S/C11H17N3O.CH2S/c1-8(2)14-5-4-9-10(7-14)12-6-11(13-9)15-3;1-2/h6,8H,4-5,7H2,1-3H3;1H2. The number of aromatic nitrogens is 2. The van der Waals surface area contributed by atoms with E-state index < -0.39 is 0 Å². The van der Waals surface area contributed by atoms with Crippen LogP contribution in [0.15, 0.2) is 6.20 Å². The summed E-state index contributed by atoms with van der Waals surface area (Å²) in [4.78, 5) is 11.2. The van der Waals surface area contributed by atoms with Gasteiger partial charge in [0, 0.05) is 25.6 Å². The van der Waals surface area contributed by atoms with E-state index >= 15 is 0 Å². The molecule has 0 fully saturated rings. The summed E-state index contributed by atoms with van der Waals surface area (Å²) in [7, 11) is 1.62. The molecule has 0 aromatic carbocycles. The van der Waals surface area contributed by atoms with Gasteiger partial charge in [-0.1, -0.05) is 12.2 Å². The van der Waals surface area contributed by atoms with Gasteiger partial charge in [0.15, 0.2) is 0 Å². The summed E-state index contributed by atoms with van der Waals surface area (Å²) < 4.78 is 5.07. The van der Waals surface area contributed by atoms with E-state index in [2.05, 4.69) is 46.8 Å². The Morgan fingerprint density at radius 2 is 2.12 bits per heavy atom. The van der Waals surface area contributed by atoms with Crippen molar-refractivity contribution in [3.05, 3.63) is 17.6 Å². The molecule has 0 amide bonds. The van der Waals surface area contributed by atoms with Crippen molar-refractivity contribution in [3.8, 4) is 5.88 Å². The van der Waals surface area contributed by atoms with E-state index in [0.717, 1.165) is 30.9 Å². The van der Waals surface area contributed by atoms with Crippen LogP contribution < -0.4 is 4.74 Å². The van der Waals surface area contributed by atoms with Crippen molar-refractivity contribution >= 4 is 18.1 Å². The Labute approximate surface area is 108 Å². The molecular weight excluding hydrogens is 234 g/mol. The van der Waals surface area contributed by atoms with Gasteiger partial charge in [-0.3, -0.25) is 9.88 Å². The summed E-state index contributed by atoms with van der Waals surface area (Å²) in [5.41, 5.74) is 2.18. The zero-order valence-electron chi connectivity index (χ0n) is 10.6. The number of nitrogens with zero attached hydrogens (tertiary/aromatic N) is 3. The van der Waals surface area contributed by atoms with Crippen LogP contribution in [-0.4, -0.2) is 40.4 Å². The Balaban J connectivity index is 0.000000686. The number of methoxy groups -OCH3 is 1. The Hall–Kier alpha value is -1.07. The van der Waals surface area contributed by atoms with Crippen LogP contribution in [0, 0.1) is 0 Å². The Morgan fingerprint density at radius 3 is 2.71 bits per heavy atom. The zero-order valence-corrected chi connectivity index (χ0v) is 11.5. The molecule has 0 radical (unpaired) electrons. The van der Waals surface area contributed by atoms with Gasteiger partial charge >= 0.3 is 0 Å². The quantitative estimate of drug-likeness (QED) is 0.752. The molecule has 0 spiro atoms. The maximum Gasteiger partial charge on any atom is 0.232 e. The zero-order chi connectivity index (χ0) is 12.8. The van der Waals surface area contributed by atoms with E-state index in [4.69, 9.17) is 4.74 Å². The minimum atomic E-state index is 0.571. The third-order valence-electron chi connectivity index (χ3n) is 2.84. The summed E-state index contributed by atoms with van der Waals surface area (Å²) >= 11 is 3.83. The van der Waals surface area contributed by atoms with Gasteiger partial charge in [0.2, 0.25) is 5.88 Å². The monoisotopic (exact) mass is 253 g/mol. The summed E-state index contributed by atoms with van der Waals surface area (Å²) in [6, 6.07) is 0.571. The predicted octanol–water partition coefficient (Wildman–Crippen LogP) is 1.87. The van der Waals surface area contributed by atoms with E-state index in [1.807, 2.05) is 0 Å². The highest BCUT2D eigenvalue weighted by atomic mass is 32.1. The third kappa shape index (κ3) is 3.44. The highest BCUT2D eigenvalue weighted by molar-refractivity contribution is 7.77. The Bertz CT molecular complexity index is 371. The molecule has 2 rings (SSSR count). The van der Waals surface area contributed by atoms with Gasteiger partial charge in [-0.2, -0.15) is 0 Å². The van der Waals surface area contributed by atoms with E-state index in [9.17, 15) is 0 Å². The molecule has 0 saturated carbocycles. The van der Waals surface area contributed by atoms with Crippen molar-refractivity contribution in [2.75, 3.05) is 13.7 Å². The highest BCUT2D eigenvalue weighted by Crippen LogP contribution is 2.18. The van der Waals surface area contributed by atoms with Crippen LogP contribution in [0.1, 0.15) is 25.2 Å². The molecule has 0 saturated heterocycles. The lowest BCUT2D eigenvalue weighted by atomic mass is 10.1. The van der Waals surface area contributed by atoms with E-state index in [0.29, 0.717) is 11.9 Å². The first-order valence-corrected chi connectivity index (χ1v) is 6.20. The number of ether oxygens (including phenoxy) is 1. The van der Waals surface area contributed by atoms with Crippen molar-refractivity contribution in [1.29, 1.82) is 0 Å². The molecule has 0 unspecified atom stereocenters. The maximum atomic E-state index is 5.07. The molecule has 0 bridgehead atoms. The summed E-state index contributed by atoms with van der Waals surface area (Å²) in [5, 5.41) is 0. The van der Waals surface area contributed by atoms with Crippen LogP contribution in [0.2, 0.25) is 0 Å². The number of hydrogen-bond acceptors (Lipinski definition) is 5. The smallest absolute Gasteiger partial charge is 0.232 e. The van der Waals surface area contributed by atoms with Crippen molar-refractivity contribution in [3.63, 3.8) is 0 Å². The van der Waals surface area contributed by atoms with Crippen LogP contribution in [-0.2, 0) is 13.0 Å². The first-order chi connectivity index (χ1) is 8.20. The molecule has 1 aliphatic heterocycles. The fourth-order valence-electron chi connectivity index (χ4n) is 1.83. The average Bonchev–Trinajstić information content (AvgIpc) is 2.39. The molecule has 5 heteroatoms. The minimum Gasteiger partial charge on any atom is -0.480 e. The molecule has 2 heterocycles. The van der Waals surface area contributed by atoms with Crippen LogP contribution in [0.4, 0.5) is 0 Å². The number of rotatable bonds is 2. The normalized spacial score (nSPS) is 14.8.